The average molecular weight is 307 g/mol. The molecular formula is C15H21N3S2. The Labute approximate surface area is 129 Å². The van der Waals surface area contributed by atoms with Crippen molar-refractivity contribution in [2.24, 2.45) is 0 Å². The molecule has 2 aromatic rings. The van der Waals surface area contributed by atoms with Crippen LogP contribution in [-0.2, 0) is 6.42 Å². The van der Waals surface area contributed by atoms with E-state index in [9.17, 15) is 0 Å². The lowest BCUT2D eigenvalue weighted by atomic mass is 10.1. The minimum atomic E-state index is 0.361. The molecule has 0 aliphatic carbocycles. The Hall–Kier alpha value is -0.910. The fraction of sp³-hybridized carbons (Fsp3) is 0.467. The molecule has 0 amide bonds. The van der Waals surface area contributed by atoms with Crippen molar-refractivity contribution >= 4 is 23.3 Å². The number of hydrogen-bond donors (Lipinski definition) is 1. The summed E-state index contributed by atoms with van der Waals surface area (Å²) < 4.78 is 5.40. The Morgan fingerprint density at radius 2 is 2.00 bits per heavy atom. The van der Waals surface area contributed by atoms with E-state index in [1.54, 1.807) is 11.8 Å². The second kappa shape index (κ2) is 7.76. The van der Waals surface area contributed by atoms with Gasteiger partial charge in [0.1, 0.15) is 5.82 Å². The first-order valence-corrected chi connectivity index (χ1v) is 8.74. The third kappa shape index (κ3) is 4.30. The second-order valence-corrected chi connectivity index (χ2v) is 6.68. The van der Waals surface area contributed by atoms with E-state index in [0.717, 1.165) is 28.9 Å². The number of thioether (sulfide) groups is 1. The highest BCUT2D eigenvalue weighted by Gasteiger charge is 2.12. The zero-order chi connectivity index (χ0) is 14.4. The molecule has 1 N–H and O–H groups in total. The van der Waals surface area contributed by atoms with Gasteiger partial charge in [-0.2, -0.15) is 4.37 Å². The summed E-state index contributed by atoms with van der Waals surface area (Å²) in [6.07, 6.45) is 0.908. The third-order valence-corrected chi connectivity index (χ3v) is 5.03. The minimum absolute atomic E-state index is 0.361. The number of nitrogens with one attached hydrogen (secondary N) is 1. The van der Waals surface area contributed by atoms with Gasteiger partial charge in [0.15, 0.2) is 4.34 Å². The molecule has 108 valence electrons. The summed E-state index contributed by atoms with van der Waals surface area (Å²) in [5.41, 5.74) is 2.64. The highest BCUT2D eigenvalue weighted by Crippen LogP contribution is 2.26. The Kier molecular flexibility index (Phi) is 6.01. The molecular weight excluding hydrogens is 286 g/mol. The van der Waals surface area contributed by atoms with Crippen molar-refractivity contribution in [3.63, 3.8) is 0 Å². The predicted molar refractivity (Wildman–Crippen MR) is 87.6 cm³/mol. The van der Waals surface area contributed by atoms with E-state index < -0.39 is 0 Å². The van der Waals surface area contributed by atoms with Crippen LogP contribution in [0.15, 0.2) is 28.6 Å². The van der Waals surface area contributed by atoms with Gasteiger partial charge in [-0.05, 0) is 30.6 Å². The molecule has 0 spiro atoms. The predicted octanol–water partition coefficient (Wildman–Crippen LogP) is 3.85. The molecule has 20 heavy (non-hydrogen) atoms. The summed E-state index contributed by atoms with van der Waals surface area (Å²) in [6.45, 7) is 7.32. The molecule has 5 heteroatoms. The fourth-order valence-electron chi connectivity index (χ4n) is 1.91. The fourth-order valence-corrected chi connectivity index (χ4v) is 3.73. The number of aromatic nitrogens is 2. The minimum Gasteiger partial charge on any atom is -0.309 e. The summed E-state index contributed by atoms with van der Waals surface area (Å²) in [5.74, 6) is 1.93. The molecule has 0 fully saturated rings. The lowest BCUT2D eigenvalue weighted by molar-refractivity contribution is 0.606. The molecule has 0 saturated carbocycles. The zero-order valence-corrected chi connectivity index (χ0v) is 13.9. The molecule has 1 unspecified atom stereocenters. The van der Waals surface area contributed by atoms with Crippen LogP contribution in [0.4, 0.5) is 0 Å². The molecule has 3 nitrogen and oxygen atoms in total. The van der Waals surface area contributed by atoms with Crippen LogP contribution < -0.4 is 5.32 Å². The van der Waals surface area contributed by atoms with E-state index in [4.69, 9.17) is 0 Å². The summed E-state index contributed by atoms with van der Waals surface area (Å²) in [4.78, 5) is 4.51. The van der Waals surface area contributed by atoms with E-state index in [2.05, 4.69) is 59.7 Å². The van der Waals surface area contributed by atoms with Gasteiger partial charge in [0.2, 0.25) is 0 Å². The zero-order valence-electron chi connectivity index (χ0n) is 12.2. The standard InChI is InChI=1S/C15H21N3S2/c1-4-14-17-15(20-18-14)19-10-13(16-5-2)12-8-6-11(3)7-9-12/h6-9,13,16H,4-5,10H2,1-3H3. The van der Waals surface area contributed by atoms with Gasteiger partial charge in [-0.3, -0.25) is 0 Å². The van der Waals surface area contributed by atoms with Crippen LogP contribution in [-0.4, -0.2) is 21.7 Å². The van der Waals surface area contributed by atoms with E-state index in [1.165, 1.54) is 22.7 Å². The van der Waals surface area contributed by atoms with Gasteiger partial charge < -0.3 is 5.32 Å². The van der Waals surface area contributed by atoms with Gasteiger partial charge in [-0.1, -0.05) is 55.4 Å². The van der Waals surface area contributed by atoms with Crippen molar-refractivity contribution in [2.75, 3.05) is 12.3 Å². The number of rotatable bonds is 7. The van der Waals surface area contributed by atoms with Gasteiger partial charge in [-0.15, -0.1) is 0 Å². The van der Waals surface area contributed by atoms with Crippen LogP contribution in [0.25, 0.3) is 0 Å². The largest absolute Gasteiger partial charge is 0.309 e. The number of benzene rings is 1. The van der Waals surface area contributed by atoms with Gasteiger partial charge in [0, 0.05) is 18.2 Å². The van der Waals surface area contributed by atoms with Gasteiger partial charge in [0.25, 0.3) is 0 Å². The van der Waals surface area contributed by atoms with Crippen molar-refractivity contribution in [3.8, 4) is 0 Å². The first-order valence-electron chi connectivity index (χ1n) is 6.98. The number of aryl methyl sites for hydroxylation is 2. The molecule has 0 bridgehead atoms. The summed E-state index contributed by atoms with van der Waals surface area (Å²) in [5, 5.41) is 3.55. The first kappa shape index (κ1) is 15.5. The van der Waals surface area contributed by atoms with E-state index in [1.807, 2.05) is 0 Å². The Bertz CT molecular complexity index is 522. The van der Waals surface area contributed by atoms with Crippen molar-refractivity contribution < 1.29 is 0 Å². The lowest BCUT2D eigenvalue weighted by Crippen LogP contribution is -2.22. The molecule has 0 radical (unpaired) electrons. The monoisotopic (exact) mass is 307 g/mol. The maximum absolute atomic E-state index is 4.51. The summed E-state index contributed by atoms with van der Waals surface area (Å²) in [6, 6.07) is 9.12. The number of hydrogen-bond acceptors (Lipinski definition) is 5. The SMILES string of the molecule is CCNC(CSc1nc(CC)ns1)c1ccc(C)cc1. The maximum Gasteiger partial charge on any atom is 0.170 e. The molecule has 0 saturated heterocycles. The second-order valence-electron chi connectivity index (χ2n) is 4.66. The van der Waals surface area contributed by atoms with Crippen LogP contribution in [0, 0.1) is 6.92 Å². The Morgan fingerprint density at radius 3 is 2.60 bits per heavy atom. The highest BCUT2D eigenvalue weighted by atomic mass is 32.2. The first-order chi connectivity index (χ1) is 9.72. The van der Waals surface area contributed by atoms with Gasteiger partial charge in [0.05, 0.1) is 0 Å². The highest BCUT2D eigenvalue weighted by molar-refractivity contribution is 8.00. The van der Waals surface area contributed by atoms with Crippen molar-refractivity contribution in [3.05, 3.63) is 41.2 Å². The Balaban J connectivity index is 2.00. The van der Waals surface area contributed by atoms with Gasteiger partial charge >= 0.3 is 0 Å². The lowest BCUT2D eigenvalue weighted by Gasteiger charge is -2.17. The summed E-state index contributed by atoms with van der Waals surface area (Å²) in [7, 11) is 0. The molecule has 0 aliphatic heterocycles. The molecule has 2 rings (SSSR count). The topological polar surface area (TPSA) is 37.8 Å². The molecule has 1 aromatic carbocycles. The molecule has 0 aliphatic rings. The van der Waals surface area contributed by atoms with Crippen molar-refractivity contribution in [1.82, 2.24) is 14.7 Å². The third-order valence-electron chi connectivity index (χ3n) is 3.07. The van der Waals surface area contributed by atoms with E-state index in [0.29, 0.717) is 6.04 Å². The summed E-state index contributed by atoms with van der Waals surface area (Å²) >= 11 is 3.29. The van der Waals surface area contributed by atoms with Crippen LogP contribution in [0.5, 0.6) is 0 Å². The van der Waals surface area contributed by atoms with E-state index in [-0.39, 0.29) is 0 Å². The Morgan fingerprint density at radius 1 is 1.25 bits per heavy atom. The molecule has 1 aromatic heterocycles. The van der Waals surface area contributed by atoms with Gasteiger partial charge in [-0.25, -0.2) is 4.98 Å². The van der Waals surface area contributed by atoms with Crippen molar-refractivity contribution in [2.45, 2.75) is 37.6 Å². The van der Waals surface area contributed by atoms with Crippen LogP contribution in [0.2, 0.25) is 0 Å². The molecule has 1 atom stereocenters. The maximum atomic E-state index is 4.51. The quantitative estimate of drug-likeness (QED) is 0.788. The van der Waals surface area contributed by atoms with Crippen LogP contribution in [0.1, 0.15) is 36.8 Å². The van der Waals surface area contributed by atoms with Crippen LogP contribution >= 0.6 is 23.3 Å². The smallest absolute Gasteiger partial charge is 0.170 e. The van der Waals surface area contributed by atoms with Crippen molar-refractivity contribution in [1.29, 1.82) is 0 Å². The normalized spacial score (nSPS) is 12.6. The number of nitrogens with zero attached hydrogens (tertiary/aromatic N) is 2. The van der Waals surface area contributed by atoms with E-state index >= 15 is 0 Å². The average Bonchev–Trinajstić information content (AvgIpc) is 2.92. The van der Waals surface area contributed by atoms with Crippen LogP contribution in [0.3, 0.4) is 0 Å². The molecule has 1 heterocycles.